The van der Waals surface area contributed by atoms with E-state index in [-0.39, 0.29) is 11.8 Å². The van der Waals surface area contributed by atoms with Crippen LogP contribution in [0.3, 0.4) is 0 Å². The van der Waals surface area contributed by atoms with Crippen molar-refractivity contribution >= 4 is 11.8 Å². The maximum Gasteiger partial charge on any atom is 0.251 e. The predicted molar refractivity (Wildman–Crippen MR) is 125 cm³/mol. The number of rotatable bonds is 10. The Labute approximate surface area is 190 Å². The molecule has 2 aromatic carbocycles. The molecular formula is C26H33N3O3. The Bertz CT molecular complexity index is 868. The minimum atomic E-state index is -0.501. The Kier molecular flexibility index (Phi) is 7.91. The van der Waals surface area contributed by atoms with Crippen LogP contribution in [0.15, 0.2) is 60.7 Å². The number of benzene rings is 2. The molecule has 4 rings (SSSR count). The number of ether oxygens (including phenoxy) is 1. The van der Waals surface area contributed by atoms with Gasteiger partial charge < -0.3 is 20.3 Å². The average molecular weight is 436 g/mol. The number of morpholine rings is 1. The molecule has 3 unspecified atom stereocenters. The van der Waals surface area contributed by atoms with Gasteiger partial charge in [0.05, 0.1) is 13.2 Å². The quantitative estimate of drug-likeness (QED) is 0.563. The van der Waals surface area contributed by atoms with Crippen LogP contribution >= 0.6 is 0 Å². The third-order valence-corrected chi connectivity index (χ3v) is 6.31. The maximum atomic E-state index is 13.1. The molecule has 0 bridgehead atoms. The van der Waals surface area contributed by atoms with E-state index in [1.54, 1.807) is 12.1 Å². The van der Waals surface area contributed by atoms with Crippen molar-refractivity contribution in [1.29, 1.82) is 0 Å². The number of nitrogens with one attached hydrogen (secondary N) is 2. The monoisotopic (exact) mass is 435 g/mol. The molecule has 1 heterocycles. The molecule has 2 amide bonds. The fourth-order valence-corrected chi connectivity index (χ4v) is 4.34. The van der Waals surface area contributed by atoms with Gasteiger partial charge in [0.2, 0.25) is 5.91 Å². The molecule has 3 atom stereocenters. The lowest BCUT2D eigenvalue weighted by molar-refractivity contribution is -0.137. The first-order valence-electron chi connectivity index (χ1n) is 11.7. The van der Waals surface area contributed by atoms with E-state index in [1.165, 1.54) is 12.0 Å². The molecule has 2 N–H and O–H groups in total. The zero-order valence-electron chi connectivity index (χ0n) is 18.5. The van der Waals surface area contributed by atoms with Crippen LogP contribution in [0.5, 0.6) is 0 Å². The summed E-state index contributed by atoms with van der Waals surface area (Å²) in [4.78, 5) is 27.6. The predicted octanol–water partition coefficient (Wildman–Crippen LogP) is 2.96. The van der Waals surface area contributed by atoms with Crippen molar-refractivity contribution in [3.05, 3.63) is 71.8 Å². The van der Waals surface area contributed by atoms with Gasteiger partial charge in [0.25, 0.3) is 5.91 Å². The molecule has 6 nitrogen and oxygen atoms in total. The molecule has 170 valence electrons. The Hall–Kier alpha value is -2.70. The summed E-state index contributed by atoms with van der Waals surface area (Å²) in [6.45, 7) is 3.21. The largest absolute Gasteiger partial charge is 0.378 e. The van der Waals surface area contributed by atoms with Crippen LogP contribution in [0.4, 0.5) is 0 Å². The van der Waals surface area contributed by atoms with Crippen LogP contribution in [0, 0.1) is 0 Å². The summed E-state index contributed by atoms with van der Waals surface area (Å²) < 4.78 is 5.37. The smallest absolute Gasteiger partial charge is 0.251 e. The molecule has 1 saturated carbocycles. The van der Waals surface area contributed by atoms with Crippen molar-refractivity contribution in [2.24, 2.45) is 0 Å². The second-order valence-electron chi connectivity index (χ2n) is 8.64. The van der Waals surface area contributed by atoms with Crippen molar-refractivity contribution in [3.63, 3.8) is 0 Å². The summed E-state index contributed by atoms with van der Waals surface area (Å²) in [5.41, 5.74) is 1.99. The van der Waals surface area contributed by atoms with Gasteiger partial charge in [0.1, 0.15) is 6.04 Å². The first kappa shape index (κ1) is 22.5. The molecule has 6 heteroatoms. The maximum absolute atomic E-state index is 13.1. The number of amides is 2. The van der Waals surface area contributed by atoms with Gasteiger partial charge >= 0.3 is 0 Å². The van der Waals surface area contributed by atoms with E-state index in [9.17, 15) is 9.59 Å². The van der Waals surface area contributed by atoms with Crippen LogP contribution in [0.2, 0.25) is 0 Å². The Morgan fingerprint density at radius 3 is 2.38 bits per heavy atom. The van der Waals surface area contributed by atoms with Gasteiger partial charge in [-0.25, -0.2) is 0 Å². The van der Waals surface area contributed by atoms with E-state index in [4.69, 9.17) is 4.74 Å². The van der Waals surface area contributed by atoms with Crippen LogP contribution in [0.1, 0.15) is 47.5 Å². The third kappa shape index (κ3) is 6.17. The van der Waals surface area contributed by atoms with Crippen molar-refractivity contribution in [2.75, 3.05) is 32.8 Å². The second-order valence-corrected chi connectivity index (χ2v) is 8.64. The highest BCUT2D eigenvalue weighted by Crippen LogP contribution is 2.40. The highest BCUT2D eigenvalue weighted by molar-refractivity contribution is 5.97. The lowest BCUT2D eigenvalue weighted by Crippen LogP contribution is -2.51. The molecule has 0 radical (unpaired) electrons. The van der Waals surface area contributed by atoms with Gasteiger partial charge in [-0.3, -0.25) is 9.59 Å². The van der Waals surface area contributed by atoms with Gasteiger partial charge in [-0.15, -0.1) is 0 Å². The van der Waals surface area contributed by atoms with E-state index in [2.05, 4.69) is 41.0 Å². The van der Waals surface area contributed by atoms with Gasteiger partial charge in [0.15, 0.2) is 0 Å². The molecule has 2 aromatic rings. The molecule has 0 aromatic heterocycles. The Balaban J connectivity index is 1.24. The number of nitrogens with zero attached hydrogens (tertiary/aromatic N) is 1. The first-order chi connectivity index (χ1) is 15.7. The lowest BCUT2D eigenvalue weighted by Gasteiger charge is -2.30. The van der Waals surface area contributed by atoms with E-state index in [0.717, 1.165) is 19.4 Å². The van der Waals surface area contributed by atoms with Crippen LogP contribution in [0.25, 0.3) is 0 Å². The molecular weight excluding hydrogens is 402 g/mol. The minimum Gasteiger partial charge on any atom is -0.378 e. The SMILES string of the molecule is O=C(NC(CCCCNC1CC1c1ccccc1)C(=O)N1CCOCC1)c1ccccc1. The number of hydrogen-bond donors (Lipinski definition) is 2. The highest BCUT2D eigenvalue weighted by atomic mass is 16.5. The highest BCUT2D eigenvalue weighted by Gasteiger charge is 2.37. The fourth-order valence-electron chi connectivity index (χ4n) is 4.34. The van der Waals surface area contributed by atoms with Crippen molar-refractivity contribution in [3.8, 4) is 0 Å². The Morgan fingerprint density at radius 1 is 0.969 bits per heavy atom. The summed E-state index contributed by atoms with van der Waals surface area (Å²) in [5, 5.41) is 6.62. The second kappa shape index (κ2) is 11.2. The number of carbonyl (C=O) groups excluding carboxylic acids is 2. The average Bonchev–Trinajstić information content (AvgIpc) is 3.64. The first-order valence-corrected chi connectivity index (χ1v) is 11.7. The molecule has 32 heavy (non-hydrogen) atoms. The summed E-state index contributed by atoms with van der Waals surface area (Å²) >= 11 is 0. The van der Waals surface area contributed by atoms with Gasteiger partial charge in [-0.05, 0) is 49.9 Å². The van der Waals surface area contributed by atoms with E-state index < -0.39 is 6.04 Å². The lowest BCUT2D eigenvalue weighted by atomic mass is 10.1. The minimum absolute atomic E-state index is 0.00289. The third-order valence-electron chi connectivity index (χ3n) is 6.31. The normalized spacial score (nSPS) is 21.1. The molecule has 1 aliphatic carbocycles. The van der Waals surface area contributed by atoms with Gasteiger partial charge in [0, 0.05) is 30.6 Å². The van der Waals surface area contributed by atoms with Gasteiger partial charge in [-0.1, -0.05) is 48.5 Å². The van der Waals surface area contributed by atoms with Crippen molar-refractivity contribution in [2.45, 2.75) is 43.7 Å². The summed E-state index contributed by atoms with van der Waals surface area (Å²) in [6.07, 6.45) is 3.69. The topological polar surface area (TPSA) is 70.7 Å². The molecule has 2 aliphatic rings. The fraction of sp³-hybridized carbons (Fsp3) is 0.462. The summed E-state index contributed by atoms with van der Waals surface area (Å²) in [7, 11) is 0. The van der Waals surface area contributed by atoms with Crippen molar-refractivity contribution < 1.29 is 14.3 Å². The van der Waals surface area contributed by atoms with Crippen LogP contribution in [-0.4, -0.2) is 61.6 Å². The van der Waals surface area contributed by atoms with Crippen molar-refractivity contribution in [1.82, 2.24) is 15.5 Å². The number of hydrogen-bond acceptors (Lipinski definition) is 4. The standard InChI is InChI=1S/C26H33N3O3/c30-25(21-11-5-2-6-12-21)28-23(26(31)29-15-17-32-18-16-29)13-7-8-14-27-24-19-22(24)20-9-3-1-4-10-20/h1-6,9-12,22-24,27H,7-8,13-19H2,(H,28,30). The number of unbranched alkanes of at least 4 members (excludes halogenated alkanes) is 1. The zero-order valence-corrected chi connectivity index (χ0v) is 18.5. The summed E-state index contributed by atoms with van der Waals surface area (Å²) in [5.74, 6) is 0.424. The Morgan fingerprint density at radius 2 is 1.66 bits per heavy atom. The van der Waals surface area contributed by atoms with E-state index in [1.807, 2.05) is 23.1 Å². The van der Waals surface area contributed by atoms with E-state index in [0.29, 0.717) is 50.2 Å². The molecule has 1 saturated heterocycles. The molecule has 2 fully saturated rings. The summed E-state index contributed by atoms with van der Waals surface area (Å²) in [6, 6.07) is 19.8. The van der Waals surface area contributed by atoms with Crippen LogP contribution in [-0.2, 0) is 9.53 Å². The molecule has 1 aliphatic heterocycles. The van der Waals surface area contributed by atoms with Crippen LogP contribution < -0.4 is 10.6 Å². The van der Waals surface area contributed by atoms with Gasteiger partial charge in [-0.2, -0.15) is 0 Å². The number of carbonyl (C=O) groups is 2. The zero-order chi connectivity index (χ0) is 22.2. The molecule has 0 spiro atoms. The van der Waals surface area contributed by atoms with E-state index >= 15 is 0 Å².